The summed E-state index contributed by atoms with van der Waals surface area (Å²) in [5.41, 5.74) is 7.11. The van der Waals surface area contributed by atoms with Gasteiger partial charge in [0.05, 0.1) is 29.3 Å². The predicted octanol–water partition coefficient (Wildman–Crippen LogP) is 3.56. The number of benzene rings is 1. The standard InChI is InChI=1S/C15H19BrClN3O/c1-9-6-15(7-10(2)21-9)8-19-14(18)20(15)11-3-4-13(17)12(16)5-11/h3-5,9-10H,6-8H2,1-2H3,(H2,18,19). The van der Waals surface area contributed by atoms with E-state index in [-0.39, 0.29) is 17.7 Å². The van der Waals surface area contributed by atoms with E-state index in [1.54, 1.807) is 0 Å². The van der Waals surface area contributed by atoms with Gasteiger partial charge in [0.25, 0.3) is 0 Å². The quantitative estimate of drug-likeness (QED) is 0.820. The third-order valence-corrected chi connectivity index (χ3v) is 5.41. The second kappa shape index (κ2) is 5.45. The van der Waals surface area contributed by atoms with E-state index in [2.05, 4.69) is 39.7 Å². The minimum Gasteiger partial charge on any atom is -0.375 e. The van der Waals surface area contributed by atoms with Crippen molar-refractivity contribution in [3.63, 3.8) is 0 Å². The highest BCUT2D eigenvalue weighted by molar-refractivity contribution is 9.10. The molecule has 2 heterocycles. The Morgan fingerprint density at radius 3 is 2.67 bits per heavy atom. The Kier molecular flexibility index (Phi) is 3.93. The van der Waals surface area contributed by atoms with Gasteiger partial charge in [0.1, 0.15) is 0 Å². The van der Waals surface area contributed by atoms with Crippen molar-refractivity contribution in [1.29, 1.82) is 0 Å². The van der Waals surface area contributed by atoms with Crippen LogP contribution in [0.5, 0.6) is 0 Å². The van der Waals surface area contributed by atoms with Crippen LogP contribution in [0.4, 0.5) is 5.69 Å². The Bertz CT molecular complexity index is 582. The van der Waals surface area contributed by atoms with E-state index in [0.717, 1.165) is 29.5 Å². The van der Waals surface area contributed by atoms with E-state index in [0.29, 0.717) is 11.0 Å². The van der Waals surface area contributed by atoms with Gasteiger partial charge in [-0.1, -0.05) is 11.6 Å². The maximum atomic E-state index is 6.18. The van der Waals surface area contributed by atoms with Crippen LogP contribution < -0.4 is 10.6 Å². The minimum absolute atomic E-state index is 0.0889. The highest BCUT2D eigenvalue weighted by atomic mass is 79.9. The second-order valence-corrected chi connectivity index (χ2v) is 7.26. The van der Waals surface area contributed by atoms with Gasteiger partial charge in [0.15, 0.2) is 5.96 Å². The van der Waals surface area contributed by atoms with Gasteiger partial charge < -0.3 is 15.4 Å². The van der Waals surface area contributed by atoms with Gasteiger partial charge >= 0.3 is 0 Å². The molecule has 2 aliphatic heterocycles. The molecule has 0 aromatic heterocycles. The molecule has 2 N–H and O–H groups in total. The minimum atomic E-state index is -0.0889. The molecule has 114 valence electrons. The number of hydrogen-bond acceptors (Lipinski definition) is 4. The van der Waals surface area contributed by atoms with Crippen LogP contribution in [0.2, 0.25) is 5.02 Å². The molecular weight excluding hydrogens is 354 g/mol. The van der Waals surface area contributed by atoms with E-state index in [1.807, 2.05) is 18.2 Å². The Morgan fingerprint density at radius 2 is 2.05 bits per heavy atom. The van der Waals surface area contributed by atoms with E-state index in [4.69, 9.17) is 22.1 Å². The van der Waals surface area contributed by atoms with Crippen LogP contribution in [0.15, 0.2) is 27.7 Å². The molecule has 1 saturated heterocycles. The molecule has 6 heteroatoms. The zero-order chi connectivity index (χ0) is 15.2. The fraction of sp³-hybridized carbons (Fsp3) is 0.533. The van der Waals surface area contributed by atoms with Gasteiger partial charge in [-0.25, -0.2) is 0 Å². The molecule has 3 rings (SSSR count). The molecular formula is C15H19BrClN3O. The Morgan fingerprint density at radius 1 is 1.38 bits per heavy atom. The van der Waals surface area contributed by atoms with Crippen molar-refractivity contribution in [3.8, 4) is 0 Å². The van der Waals surface area contributed by atoms with Crippen molar-refractivity contribution in [1.82, 2.24) is 0 Å². The van der Waals surface area contributed by atoms with Crippen molar-refractivity contribution in [2.75, 3.05) is 11.4 Å². The molecule has 0 radical (unpaired) electrons. The summed E-state index contributed by atoms with van der Waals surface area (Å²) in [6.07, 6.45) is 2.24. The second-order valence-electron chi connectivity index (χ2n) is 6.00. The number of aliphatic imine (C=N–C) groups is 1. The molecule has 1 aromatic rings. The number of nitrogens with zero attached hydrogens (tertiary/aromatic N) is 2. The van der Waals surface area contributed by atoms with Crippen LogP contribution in [-0.4, -0.2) is 30.3 Å². The lowest BCUT2D eigenvalue weighted by molar-refractivity contribution is -0.0559. The maximum absolute atomic E-state index is 6.18. The molecule has 21 heavy (non-hydrogen) atoms. The first-order chi connectivity index (χ1) is 9.91. The number of halogens is 2. The van der Waals surface area contributed by atoms with Gasteiger partial charge in [0, 0.05) is 10.2 Å². The largest absolute Gasteiger partial charge is 0.375 e. The van der Waals surface area contributed by atoms with Crippen molar-refractivity contribution in [2.45, 2.75) is 44.4 Å². The summed E-state index contributed by atoms with van der Waals surface area (Å²) in [7, 11) is 0. The van der Waals surface area contributed by atoms with Crippen LogP contribution in [0, 0.1) is 0 Å². The van der Waals surface area contributed by atoms with Crippen LogP contribution in [0.3, 0.4) is 0 Å². The molecule has 4 nitrogen and oxygen atoms in total. The molecule has 2 atom stereocenters. The monoisotopic (exact) mass is 371 g/mol. The molecule has 0 amide bonds. The van der Waals surface area contributed by atoms with Gasteiger partial charge in [0.2, 0.25) is 0 Å². The summed E-state index contributed by atoms with van der Waals surface area (Å²) in [6.45, 7) is 4.95. The number of guanidine groups is 1. The summed E-state index contributed by atoms with van der Waals surface area (Å²) in [5.74, 6) is 0.575. The molecule has 1 fully saturated rings. The third-order valence-electron chi connectivity index (χ3n) is 4.20. The highest BCUT2D eigenvalue weighted by Crippen LogP contribution is 2.41. The lowest BCUT2D eigenvalue weighted by Crippen LogP contribution is -2.57. The summed E-state index contributed by atoms with van der Waals surface area (Å²) >= 11 is 9.59. The Hall–Kier alpha value is -0.780. The Balaban J connectivity index is 2.00. The number of ether oxygens (including phenoxy) is 1. The molecule has 0 aliphatic carbocycles. The molecule has 2 unspecified atom stereocenters. The SMILES string of the molecule is CC1CC2(CN=C(N)N2c2ccc(Cl)c(Br)c2)CC(C)O1. The van der Waals surface area contributed by atoms with Crippen LogP contribution in [-0.2, 0) is 4.74 Å². The number of rotatable bonds is 1. The molecule has 1 aromatic carbocycles. The number of anilines is 1. The van der Waals surface area contributed by atoms with Crippen molar-refractivity contribution in [3.05, 3.63) is 27.7 Å². The molecule has 1 spiro atoms. The van der Waals surface area contributed by atoms with Gasteiger partial charge in [-0.2, -0.15) is 0 Å². The fourth-order valence-electron chi connectivity index (χ4n) is 3.60. The molecule has 0 saturated carbocycles. The maximum Gasteiger partial charge on any atom is 0.196 e. The van der Waals surface area contributed by atoms with Crippen LogP contribution in [0.1, 0.15) is 26.7 Å². The normalized spacial score (nSPS) is 32.6. The fourth-order valence-corrected chi connectivity index (χ4v) is 4.09. The van der Waals surface area contributed by atoms with Gasteiger partial charge in [-0.05, 0) is 60.8 Å². The zero-order valence-electron chi connectivity index (χ0n) is 12.1. The van der Waals surface area contributed by atoms with Crippen LogP contribution in [0.25, 0.3) is 0 Å². The van der Waals surface area contributed by atoms with Gasteiger partial charge in [-0.3, -0.25) is 4.99 Å². The zero-order valence-corrected chi connectivity index (χ0v) is 14.5. The van der Waals surface area contributed by atoms with E-state index < -0.39 is 0 Å². The predicted molar refractivity (Wildman–Crippen MR) is 90.1 cm³/mol. The number of hydrogen-bond donors (Lipinski definition) is 1. The van der Waals surface area contributed by atoms with Crippen LogP contribution >= 0.6 is 27.5 Å². The Labute approximate surface area is 138 Å². The molecule has 2 aliphatic rings. The summed E-state index contributed by atoms with van der Waals surface area (Å²) < 4.78 is 6.75. The lowest BCUT2D eigenvalue weighted by Gasteiger charge is -2.46. The first kappa shape index (κ1) is 15.1. The summed E-state index contributed by atoms with van der Waals surface area (Å²) in [5, 5.41) is 0.691. The highest BCUT2D eigenvalue weighted by Gasteiger charge is 2.48. The summed E-state index contributed by atoms with van der Waals surface area (Å²) in [6, 6.07) is 5.88. The first-order valence-electron chi connectivity index (χ1n) is 7.12. The van der Waals surface area contributed by atoms with Crippen molar-refractivity contribution >= 4 is 39.2 Å². The topological polar surface area (TPSA) is 50.8 Å². The average Bonchev–Trinajstić information content (AvgIpc) is 2.68. The number of nitrogens with two attached hydrogens (primary N) is 1. The third kappa shape index (κ3) is 2.67. The first-order valence-corrected chi connectivity index (χ1v) is 8.29. The van der Waals surface area contributed by atoms with Gasteiger partial charge in [-0.15, -0.1) is 0 Å². The van der Waals surface area contributed by atoms with E-state index >= 15 is 0 Å². The lowest BCUT2D eigenvalue weighted by atomic mass is 9.83. The van der Waals surface area contributed by atoms with E-state index in [9.17, 15) is 0 Å². The average molecular weight is 373 g/mol. The van der Waals surface area contributed by atoms with E-state index in [1.165, 1.54) is 0 Å². The molecule has 0 bridgehead atoms. The summed E-state index contributed by atoms with van der Waals surface area (Å²) in [4.78, 5) is 6.66. The smallest absolute Gasteiger partial charge is 0.196 e. The van der Waals surface area contributed by atoms with Crippen molar-refractivity contribution < 1.29 is 4.74 Å². The van der Waals surface area contributed by atoms with Crippen molar-refractivity contribution in [2.24, 2.45) is 10.7 Å².